The zero-order valence-corrected chi connectivity index (χ0v) is 15.3. The fourth-order valence-electron chi connectivity index (χ4n) is 2.25. The van der Waals surface area contributed by atoms with Crippen LogP contribution in [0, 0.1) is 0 Å². The molecule has 2 aromatic rings. The Morgan fingerprint density at radius 1 is 1.00 bits per heavy atom. The molecule has 0 heterocycles. The summed E-state index contributed by atoms with van der Waals surface area (Å²) in [6.07, 6.45) is 3.17. The summed E-state index contributed by atoms with van der Waals surface area (Å²) in [5.74, 6) is -0.906. The van der Waals surface area contributed by atoms with Gasteiger partial charge in [-0.1, -0.05) is 24.3 Å². The van der Waals surface area contributed by atoms with Crippen molar-refractivity contribution in [2.24, 2.45) is 10.2 Å². The van der Waals surface area contributed by atoms with E-state index in [0.717, 1.165) is 0 Å². The number of azo groups is 1. The lowest BCUT2D eigenvalue weighted by Crippen LogP contribution is -2.35. The SMILES string of the molecule is C=CCN(CC=C)C(=O)COC(=O)c1ccccc1N=Nc1ccc(O)cc1. The van der Waals surface area contributed by atoms with Crippen molar-refractivity contribution >= 4 is 23.3 Å². The molecular weight excluding hydrogens is 358 g/mol. The quantitative estimate of drug-likeness (QED) is 0.402. The molecule has 7 nitrogen and oxygen atoms in total. The number of hydrogen-bond acceptors (Lipinski definition) is 6. The lowest BCUT2D eigenvalue weighted by molar-refractivity contribution is -0.133. The first-order valence-corrected chi connectivity index (χ1v) is 8.51. The third kappa shape index (κ3) is 5.91. The van der Waals surface area contributed by atoms with Gasteiger partial charge in [0.15, 0.2) is 6.61 Å². The van der Waals surface area contributed by atoms with E-state index in [1.807, 2.05) is 0 Å². The maximum Gasteiger partial charge on any atom is 0.340 e. The predicted octanol–water partition coefficient (Wildman–Crippen LogP) is 4.17. The molecule has 0 aliphatic heterocycles. The van der Waals surface area contributed by atoms with Crippen LogP contribution in [0.2, 0.25) is 0 Å². The Morgan fingerprint density at radius 2 is 1.64 bits per heavy atom. The van der Waals surface area contributed by atoms with Crippen molar-refractivity contribution in [2.75, 3.05) is 19.7 Å². The monoisotopic (exact) mass is 379 g/mol. The van der Waals surface area contributed by atoms with Gasteiger partial charge < -0.3 is 14.7 Å². The minimum absolute atomic E-state index is 0.120. The van der Waals surface area contributed by atoms with Gasteiger partial charge in [-0.2, -0.15) is 5.11 Å². The van der Waals surface area contributed by atoms with Gasteiger partial charge in [0.05, 0.1) is 11.3 Å². The molecule has 0 unspecified atom stereocenters. The molecule has 2 rings (SSSR count). The van der Waals surface area contributed by atoms with E-state index in [1.54, 1.807) is 48.6 Å². The van der Waals surface area contributed by atoms with E-state index in [1.165, 1.54) is 17.0 Å². The van der Waals surface area contributed by atoms with Gasteiger partial charge >= 0.3 is 5.97 Å². The first-order valence-electron chi connectivity index (χ1n) is 8.51. The highest BCUT2D eigenvalue weighted by molar-refractivity contribution is 5.96. The summed E-state index contributed by atoms with van der Waals surface area (Å²) in [5.41, 5.74) is 1.01. The van der Waals surface area contributed by atoms with Gasteiger partial charge in [0.1, 0.15) is 11.4 Å². The van der Waals surface area contributed by atoms with Gasteiger partial charge in [0, 0.05) is 13.1 Å². The minimum Gasteiger partial charge on any atom is -0.508 e. The molecular formula is C21H21N3O4. The van der Waals surface area contributed by atoms with Gasteiger partial charge in [-0.3, -0.25) is 4.79 Å². The summed E-state index contributed by atoms with van der Waals surface area (Å²) >= 11 is 0. The number of phenols is 1. The molecule has 0 aliphatic rings. The minimum atomic E-state index is -0.675. The summed E-state index contributed by atoms with van der Waals surface area (Å²) in [7, 11) is 0. The topological polar surface area (TPSA) is 91.6 Å². The van der Waals surface area contributed by atoms with Crippen LogP contribution in [0.5, 0.6) is 5.75 Å². The van der Waals surface area contributed by atoms with Crippen molar-refractivity contribution in [3.8, 4) is 5.75 Å². The number of aromatic hydroxyl groups is 1. The van der Waals surface area contributed by atoms with Crippen LogP contribution in [-0.2, 0) is 9.53 Å². The van der Waals surface area contributed by atoms with Gasteiger partial charge in [0.25, 0.3) is 5.91 Å². The molecule has 144 valence electrons. The molecule has 1 N–H and O–H groups in total. The highest BCUT2D eigenvalue weighted by Crippen LogP contribution is 2.24. The average Bonchev–Trinajstić information content (AvgIpc) is 2.71. The molecule has 7 heteroatoms. The van der Waals surface area contributed by atoms with E-state index in [0.29, 0.717) is 24.5 Å². The van der Waals surface area contributed by atoms with Gasteiger partial charge in [-0.05, 0) is 36.4 Å². The highest BCUT2D eigenvalue weighted by atomic mass is 16.5. The van der Waals surface area contributed by atoms with Gasteiger partial charge in [0.2, 0.25) is 0 Å². The molecule has 1 amide bonds. The number of phenolic OH excluding ortho intramolecular Hbond substituents is 1. The van der Waals surface area contributed by atoms with Gasteiger partial charge in [-0.25, -0.2) is 4.79 Å². The van der Waals surface area contributed by atoms with Crippen LogP contribution in [0.15, 0.2) is 84.1 Å². The van der Waals surface area contributed by atoms with Gasteiger partial charge in [-0.15, -0.1) is 18.3 Å². The highest BCUT2D eigenvalue weighted by Gasteiger charge is 2.17. The first-order chi connectivity index (χ1) is 13.5. The molecule has 0 aliphatic carbocycles. The molecule has 2 aromatic carbocycles. The number of benzene rings is 2. The lowest BCUT2D eigenvalue weighted by Gasteiger charge is -2.19. The van der Waals surface area contributed by atoms with E-state index in [9.17, 15) is 14.7 Å². The summed E-state index contributed by atoms with van der Waals surface area (Å²) in [4.78, 5) is 26.0. The number of hydrogen-bond donors (Lipinski definition) is 1. The van der Waals surface area contributed by atoms with E-state index in [4.69, 9.17) is 4.74 Å². The number of rotatable bonds is 9. The number of carbonyl (C=O) groups excluding carboxylic acids is 2. The molecule has 0 radical (unpaired) electrons. The van der Waals surface area contributed by atoms with Crippen LogP contribution >= 0.6 is 0 Å². The Balaban J connectivity index is 2.07. The summed E-state index contributed by atoms with van der Waals surface area (Å²) in [5, 5.41) is 17.4. The molecule has 0 aromatic heterocycles. The number of esters is 1. The van der Waals surface area contributed by atoms with Crippen molar-refractivity contribution in [1.82, 2.24) is 4.90 Å². The normalized spacial score (nSPS) is 10.4. The van der Waals surface area contributed by atoms with E-state index in [2.05, 4.69) is 23.4 Å². The van der Waals surface area contributed by atoms with E-state index < -0.39 is 12.6 Å². The smallest absolute Gasteiger partial charge is 0.340 e. The van der Waals surface area contributed by atoms with Crippen molar-refractivity contribution < 1.29 is 19.4 Å². The van der Waals surface area contributed by atoms with Crippen molar-refractivity contribution in [3.05, 3.63) is 79.4 Å². The zero-order valence-electron chi connectivity index (χ0n) is 15.3. The molecule has 28 heavy (non-hydrogen) atoms. The maximum absolute atomic E-state index is 12.4. The standard InChI is InChI=1S/C21H21N3O4/c1-3-13-24(14-4-2)20(26)15-28-21(27)18-7-5-6-8-19(18)23-22-16-9-11-17(25)12-10-16/h3-12,25H,1-2,13-15H2. The molecule has 0 saturated carbocycles. The Labute approximate surface area is 163 Å². The zero-order chi connectivity index (χ0) is 20.4. The summed E-state index contributed by atoms with van der Waals surface area (Å²) in [6, 6.07) is 12.7. The second-order valence-corrected chi connectivity index (χ2v) is 5.69. The predicted molar refractivity (Wildman–Crippen MR) is 106 cm³/mol. The third-order valence-corrected chi connectivity index (χ3v) is 3.63. The van der Waals surface area contributed by atoms with Crippen molar-refractivity contribution in [3.63, 3.8) is 0 Å². The molecule has 0 bridgehead atoms. The van der Waals surface area contributed by atoms with Crippen LogP contribution in [-0.4, -0.2) is 41.6 Å². The second kappa shape index (κ2) is 10.4. The fraction of sp³-hybridized carbons (Fsp3) is 0.143. The number of amides is 1. The Kier molecular flexibility index (Phi) is 7.65. The molecule has 0 spiro atoms. The Bertz CT molecular complexity index is 865. The Hall–Kier alpha value is -3.74. The van der Waals surface area contributed by atoms with E-state index in [-0.39, 0.29) is 17.2 Å². The molecule has 0 saturated heterocycles. The van der Waals surface area contributed by atoms with Crippen LogP contribution in [0.3, 0.4) is 0 Å². The number of carbonyl (C=O) groups is 2. The molecule has 0 fully saturated rings. The fourth-order valence-corrected chi connectivity index (χ4v) is 2.25. The number of ether oxygens (including phenoxy) is 1. The Morgan fingerprint density at radius 3 is 2.29 bits per heavy atom. The van der Waals surface area contributed by atoms with Crippen molar-refractivity contribution in [2.45, 2.75) is 0 Å². The van der Waals surface area contributed by atoms with E-state index >= 15 is 0 Å². The summed E-state index contributed by atoms with van der Waals surface area (Å²) < 4.78 is 5.14. The average molecular weight is 379 g/mol. The first kappa shape index (κ1) is 20.6. The lowest BCUT2D eigenvalue weighted by atomic mass is 10.2. The maximum atomic E-state index is 12.4. The molecule has 0 atom stereocenters. The number of nitrogens with zero attached hydrogens (tertiary/aromatic N) is 3. The third-order valence-electron chi connectivity index (χ3n) is 3.63. The van der Waals surface area contributed by atoms with Crippen LogP contribution in [0.1, 0.15) is 10.4 Å². The largest absolute Gasteiger partial charge is 0.508 e. The van der Waals surface area contributed by atoms with Crippen LogP contribution < -0.4 is 0 Å². The van der Waals surface area contributed by atoms with Crippen molar-refractivity contribution in [1.29, 1.82) is 0 Å². The summed E-state index contributed by atoms with van der Waals surface area (Å²) in [6.45, 7) is 7.46. The van der Waals surface area contributed by atoms with Crippen LogP contribution in [0.25, 0.3) is 0 Å². The van der Waals surface area contributed by atoms with Crippen LogP contribution in [0.4, 0.5) is 11.4 Å². The second-order valence-electron chi connectivity index (χ2n) is 5.69.